The van der Waals surface area contributed by atoms with Crippen LogP contribution in [0.3, 0.4) is 0 Å². The van der Waals surface area contributed by atoms with Gasteiger partial charge in [0.15, 0.2) is 16.6 Å². The summed E-state index contributed by atoms with van der Waals surface area (Å²) in [5, 5.41) is 6.37. The quantitative estimate of drug-likeness (QED) is 0.603. The molecule has 0 radical (unpaired) electrons. The van der Waals surface area contributed by atoms with Gasteiger partial charge in [0.2, 0.25) is 6.79 Å². The number of nitrogens with two attached hydrogens (primary N) is 1. The van der Waals surface area contributed by atoms with Crippen LogP contribution >= 0.6 is 23.6 Å². The van der Waals surface area contributed by atoms with Crippen molar-refractivity contribution >= 4 is 45.5 Å². The maximum atomic E-state index is 12.6. The van der Waals surface area contributed by atoms with Crippen molar-refractivity contribution in [2.24, 2.45) is 17.1 Å². The lowest BCUT2D eigenvalue weighted by Crippen LogP contribution is -2.34. The van der Waals surface area contributed by atoms with Crippen molar-refractivity contribution < 1.29 is 19.1 Å². The summed E-state index contributed by atoms with van der Waals surface area (Å²) in [4.78, 5) is 25.9. The minimum Gasteiger partial charge on any atom is -0.454 e. The molecule has 2 aromatic rings. The second-order valence-corrected chi connectivity index (χ2v) is 10.4. The van der Waals surface area contributed by atoms with Crippen LogP contribution in [0.1, 0.15) is 58.3 Å². The van der Waals surface area contributed by atoms with E-state index in [-0.39, 0.29) is 23.2 Å². The average Bonchev–Trinajstić information content (AvgIpc) is 3.29. The number of amides is 2. The van der Waals surface area contributed by atoms with Crippen molar-refractivity contribution in [3.8, 4) is 11.5 Å². The number of thiocarbonyl (C=S) groups is 1. The monoisotopic (exact) mass is 459 g/mol. The molecule has 0 fully saturated rings. The number of fused-ring (bicyclic) bond motifs is 2. The lowest BCUT2D eigenvalue weighted by Gasteiger charge is -2.33. The summed E-state index contributed by atoms with van der Waals surface area (Å²) in [6.07, 6.45) is 2.73. The summed E-state index contributed by atoms with van der Waals surface area (Å²) in [7, 11) is 0. The third kappa shape index (κ3) is 4.38. The third-order valence-electron chi connectivity index (χ3n) is 5.83. The Hall–Kier alpha value is -2.65. The molecular formula is C22H25N3O4S2. The molecule has 1 aromatic carbocycles. The molecule has 0 spiro atoms. The van der Waals surface area contributed by atoms with E-state index in [1.165, 1.54) is 11.3 Å². The van der Waals surface area contributed by atoms with E-state index in [9.17, 15) is 9.59 Å². The highest BCUT2D eigenvalue weighted by Crippen LogP contribution is 2.44. The van der Waals surface area contributed by atoms with Gasteiger partial charge in [-0.2, -0.15) is 0 Å². The molecule has 2 aliphatic rings. The number of rotatable bonds is 3. The first kappa shape index (κ1) is 21.6. The molecule has 0 bridgehead atoms. The first-order valence-electron chi connectivity index (χ1n) is 10.1. The molecule has 2 amide bonds. The molecule has 1 aliphatic carbocycles. The summed E-state index contributed by atoms with van der Waals surface area (Å²) in [6, 6.07) is 4.92. The Morgan fingerprint density at radius 1 is 1.23 bits per heavy atom. The minimum atomic E-state index is -0.487. The highest BCUT2D eigenvalue weighted by atomic mass is 32.1. The number of hydrogen-bond donors (Lipinski definition) is 3. The van der Waals surface area contributed by atoms with Crippen LogP contribution < -0.4 is 25.8 Å². The van der Waals surface area contributed by atoms with E-state index in [1.54, 1.807) is 18.2 Å². The Labute approximate surface area is 190 Å². The second-order valence-electron chi connectivity index (χ2n) is 8.85. The number of anilines is 1. The maximum absolute atomic E-state index is 12.6. The number of carbonyl (C=O) groups excluding carboxylic acids is 2. The van der Waals surface area contributed by atoms with Gasteiger partial charge in [-0.05, 0) is 66.6 Å². The SMILES string of the molecule is CC(C)(C)C1CCc2c(sc(NC(=S)NC(=O)c3ccc4c(c3)OCO4)c2C(N)=O)C1. The zero-order valence-corrected chi connectivity index (χ0v) is 19.3. The zero-order chi connectivity index (χ0) is 22.3. The van der Waals surface area contributed by atoms with Crippen molar-refractivity contribution in [3.05, 3.63) is 39.8 Å². The fourth-order valence-electron chi connectivity index (χ4n) is 4.02. The molecule has 0 saturated carbocycles. The van der Waals surface area contributed by atoms with E-state index < -0.39 is 5.91 Å². The molecule has 4 N–H and O–H groups in total. The zero-order valence-electron chi connectivity index (χ0n) is 17.7. The second kappa shape index (κ2) is 8.12. The van der Waals surface area contributed by atoms with Crippen molar-refractivity contribution in [2.75, 3.05) is 12.1 Å². The molecule has 7 nitrogen and oxygen atoms in total. The standard InChI is InChI=1S/C22H25N3O4S2/c1-22(2,3)12-5-6-13-16(9-12)31-20(17(13)18(23)26)25-21(30)24-19(27)11-4-7-14-15(8-11)29-10-28-14/h4,7-8,12H,5-6,9-10H2,1-3H3,(H2,23,26)(H2,24,25,27,30). The summed E-state index contributed by atoms with van der Waals surface area (Å²) in [6.45, 7) is 6.86. The number of carbonyl (C=O) groups is 2. The van der Waals surface area contributed by atoms with Crippen LogP contribution in [-0.4, -0.2) is 23.7 Å². The summed E-state index contributed by atoms with van der Waals surface area (Å²) >= 11 is 6.83. The van der Waals surface area contributed by atoms with Gasteiger partial charge in [0.1, 0.15) is 5.00 Å². The predicted octanol–water partition coefficient (Wildman–Crippen LogP) is 3.85. The Kier molecular flexibility index (Phi) is 5.65. The Morgan fingerprint density at radius 2 is 1.97 bits per heavy atom. The predicted molar refractivity (Wildman–Crippen MR) is 124 cm³/mol. The molecule has 31 heavy (non-hydrogen) atoms. The largest absolute Gasteiger partial charge is 0.454 e. The van der Waals surface area contributed by atoms with Crippen molar-refractivity contribution in [1.29, 1.82) is 0 Å². The van der Waals surface area contributed by atoms with Crippen LogP contribution in [0.25, 0.3) is 0 Å². The fourth-order valence-corrected chi connectivity index (χ4v) is 5.62. The molecule has 4 rings (SSSR count). The Balaban J connectivity index is 1.50. The number of ether oxygens (including phenoxy) is 2. The molecule has 9 heteroatoms. The van der Waals surface area contributed by atoms with Gasteiger partial charge in [-0.3, -0.25) is 14.9 Å². The van der Waals surface area contributed by atoms with Crippen LogP contribution in [0, 0.1) is 11.3 Å². The smallest absolute Gasteiger partial charge is 0.257 e. The topological polar surface area (TPSA) is 103 Å². The van der Waals surface area contributed by atoms with Crippen LogP contribution in [-0.2, 0) is 12.8 Å². The lowest BCUT2D eigenvalue weighted by molar-refractivity contribution is 0.0975. The number of nitrogens with one attached hydrogen (secondary N) is 2. The third-order valence-corrected chi connectivity index (χ3v) is 7.20. The fraction of sp³-hybridized carbons (Fsp3) is 0.409. The first-order valence-corrected chi connectivity index (χ1v) is 11.3. The normalized spacial score (nSPS) is 17.1. The van der Waals surface area contributed by atoms with Gasteiger partial charge < -0.3 is 20.5 Å². The average molecular weight is 460 g/mol. The molecule has 1 aliphatic heterocycles. The molecule has 164 valence electrons. The van der Waals surface area contributed by atoms with E-state index in [0.29, 0.717) is 33.5 Å². The van der Waals surface area contributed by atoms with Gasteiger partial charge >= 0.3 is 0 Å². The first-order chi connectivity index (χ1) is 14.6. The van der Waals surface area contributed by atoms with Gasteiger partial charge in [0, 0.05) is 10.4 Å². The van der Waals surface area contributed by atoms with E-state index in [4.69, 9.17) is 27.4 Å². The van der Waals surface area contributed by atoms with Crippen LogP contribution in [0.2, 0.25) is 0 Å². The van der Waals surface area contributed by atoms with Crippen LogP contribution in [0.5, 0.6) is 11.5 Å². The van der Waals surface area contributed by atoms with Crippen molar-refractivity contribution in [2.45, 2.75) is 40.0 Å². The number of primary amides is 1. The Morgan fingerprint density at radius 3 is 2.68 bits per heavy atom. The maximum Gasteiger partial charge on any atom is 0.257 e. The minimum absolute atomic E-state index is 0.108. The van der Waals surface area contributed by atoms with Gasteiger partial charge in [0.25, 0.3) is 11.8 Å². The van der Waals surface area contributed by atoms with E-state index in [0.717, 1.165) is 29.7 Å². The molecule has 1 aromatic heterocycles. The van der Waals surface area contributed by atoms with Gasteiger partial charge in [-0.1, -0.05) is 20.8 Å². The van der Waals surface area contributed by atoms with Crippen LogP contribution in [0.15, 0.2) is 18.2 Å². The summed E-state index contributed by atoms with van der Waals surface area (Å²) in [5.74, 6) is 0.775. The number of thiophene rings is 1. The van der Waals surface area contributed by atoms with Gasteiger partial charge in [0.05, 0.1) is 5.56 Å². The van der Waals surface area contributed by atoms with E-state index in [1.807, 2.05) is 0 Å². The number of benzene rings is 1. The summed E-state index contributed by atoms with van der Waals surface area (Å²) in [5.41, 5.74) is 7.76. The molecule has 1 unspecified atom stereocenters. The molecule has 0 saturated heterocycles. The van der Waals surface area contributed by atoms with E-state index >= 15 is 0 Å². The molecule has 2 heterocycles. The Bertz CT molecular complexity index is 1070. The van der Waals surface area contributed by atoms with Gasteiger partial charge in [-0.25, -0.2) is 0 Å². The number of hydrogen-bond acceptors (Lipinski definition) is 6. The summed E-state index contributed by atoms with van der Waals surface area (Å²) < 4.78 is 10.6. The van der Waals surface area contributed by atoms with E-state index in [2.05, 4.69) is 31.4 Å². The molecular weight excluding hydrogens is 434 g/mol. The lowest BCUT2D eigenvalue weighted by atomic mass is 9.72. The highest BCUT2D eigenvalue weighted by Gasteiger charge is 2.33. The van der Waals surface area contributed by atoms with Crippen LogP contribution in [0.4, 0.5) is 5.00 Å². The molecule has 1 atom stereocenters. The highest BCUT2D eigenvalue weighted by molar-refractivity contribution is 7.80. The van der Waals surface area contributed by atoms with Gasteiger partial charge in [-0.15, -0.1) is 11.3 Å². The van der Waals surface area contributed by atoms with Crippen molar-refractivity contribution in [3.63, 3.8) is 0 Å². The van der Waals surface area contributed by atoms with Crippen molar-refractivity contribution in [1.82, 2.24) is 5.32 Å².